The minimum absolute atomic E-state index is 0.642. The van der Waals surface area contributed by atoms with Gasteiger partial charge in [0, 0.05) is 25.2 Å². The number of allylic oxidation sites excluding steroid dienone is 1. The Kier molecular flexibility index (Phi) is 2.90. The third kappa shape index (κ3) is 1.99. The lowest BCUT2D eigenvalue weighted by molar-refractivity contribution is 0.359. The maximum absolute atomic E-state index is 4.54. The Bertz CT molecular complexity index is 249. The number of hydrogen-bond acceptors (Lipinski definition) is 2. The molecule has 0 bridgehead atoms. The third-order valence-corrected chi connectivity index (χ3v) is 2.94. The second-order valence-electron chi connectivity index (χ2n) is 4.32. The lowest BCUT2D eigenvalue weighted by Crippen LogP contribution is -2.26. The number of fused-ring (bicyclic) bond motifs is 1. The van der Waals surface area contributed by atoms with Gasteiger partial charge >= 0.3 is 0 Å². The molecule has 2 unspecified atom stereocenters. The zero-order valence-electron chi connectivity index (χ0n) is 9.24. The van der Waals surface area contributed by atoms with Gasteiger partial charge in [-0.3, -0.25) is 4.99 Å². The summed E-state index contributed by atoms with van der Waals surface area (Å²) in [5.74, 6) is 0.770. The van der Waals surface area contributed by atoms with Gasteiger partial charge in [-0.2, -0.15) is 0 Å². The molecule has 2 heteroatoms. The Morgan fingerprint density at radius 1 is 1.36 bits per heavy atom. The SMILES string of the molecule is CCCN(CCC)C1=CC2CC2N=C1. The molecule has 2 nitrogen and oxygen atoms in total. The van der Waals surface area contributed by atoms with E-state index < -0.39 is 0 Å². The maximum atomic E-state index is 4.54. The summed E-state index contributed by atoms with van der Waals surface area (Å²) in [4.78, 5) is 7.01. The van der Waals surface area contributed by atoms with Crippen LogP contribution in [0.2, 0.25) is 0 Å². The van der Waals surface area contributed by atoms with Crippen molar-refractivity contribution in [2.45, 2.75) is 39.2 Å². The van der Waals surface area contributed by atoms with Crippen molar-refractivity contribution in [3.63, 3.8) is 0 Å². The molecule has 1 heterocycles. The van der Waals surface area contributed by atoms with Crippen LogP contribution in [0, 0.1) is 5.92 Å². The van der Waals surface area contributed by atoms with Crippen LogP contribution in [-0.2, 0) is 0 Å². The second-order valence-corrected chi connectivity index (χ2v) is 4.32. The van der Waals surface area contributed by atoms with E-state index in [2.05, 4.69) is 36.0 Å². The lowest BCUT2D eigenvalue weighted by Gasteiger charge is -2.25. The number of dihydropyridines is 1. The number of aliphatic imine (C=N–C) groups is 1. The highest BCUT2D eigenvalue weighted by molar-refractivity contribution is 5.79. The van der Waals surface area contributed by atoms with Crippen LogP contribution in [0.5, 0.6) is 0 Å². The molecule has 2 aliphatic rings. The average molecular weight is 192 g/mol. The monoisotopic (exact) mass is 192 g/mol. The van der Waals surface area contributed by atoms with Crippen LogP contribution in [0.3, 0.4) is 0 Å². The summed E-state index contributed by atoms with van der Waals surface area (Å²) < 4.78 is 0. The van der Waals surface area contributed by atoms with Gasteiger partial charge in [-0.05, 0) is 19.3 Å². The summed E-state index contributed by atoms with van der Waals surface area (Å²) in [6, 6.07) is 0.642. The van der Waals surface area contributed by atoms with E-state index in [1.54, 1.807) is 0 Å². The fourth-order valence-corrected chi connectivity index (χ4v) is 2.08. The normalized spacial score (nSPS) is 28.3. The van der Waals surface area contributed by atoms with Gasteiger partial charge in [0.2, 0.25) is 0 Å². The first kappa shape index (κ1) is 9.75. The predicted molar refractivity (Wildman–Crippen MR) is 60.6 cm³/mol. The van der Waals surface area contributed by atoms with Gasteiger partial charge in [-0.1, -0.05) is 19.9 Å². The largest absolute Gasteiger partial charge is 0.371 e. The summed E-state index contributed by atoms with van der Waals surface area (Å²) in [6.07, 6.45) is 8.23. The van der Waals surface area contributed by atoms with Crippen molar-refractivity contribution in [2.24, 2.45) is 10.9 Å². The van der Waals surface area contributed by atoms with Crippen molar-refractivity contribution >= 4 is 6.21 Å². The molecule has 0 saturated heterocycles. The first-order chi connectivity index (χ1) is 6.85. The summed E-state index contributed by atoms with van der Waals surface area (Å²) in [5.41, 5.74) is 1.37. The Labute approximate surface area is 86.7 Å². The molecule has 0 spiro atoms. The highest BCUT2D eigenvalue weighted by Gasteiger charge is 2.37. The zero-order valence-corrected chi connectivity index (χ0v) is 9.24. The highest BCUT2D eigenvalue weighted by Crippen LogP contribution is 2.38. The number of nitrogens with zero attached hydrogens (tertiary/aromatic N) is 2. The number of hydrogen-bond donors (Lipinski definition) is 0. The summed E-state index contributed by atoms with van der Waals surface area (Å²) in [7, 11) is 0. The van der Waals surface area contributed by atoms with Crippen LogP contribution in [0.4, 0.5) is 0 Å². The Morgan fingerprint density at radius 3 is 2.64 bits per heavy atom. The van der Waals surface area contributed by atoms with Gasteiger partial charge in [0.25, 0.3) is 0 Å². The molecule has 0 aromatic rings. The van der Waals surface area contributed by atoms with Gasteiger partial charge in [0.15, 0.2) is 0 Å². The standard InChI is InChI=1S/C12H20N2/c1-3-5-14(6-4-2)11-7-10-8-12(10)13-9-11/h7,9-10,12H,3-6,8H2,1-2H3. The summed E-state index contributed by atoms with van der Waals surface area (Å²) >= 11 is 0. The molecule has 1 saturated carbocycles. The van der Waals surface area contributed by atoms with E-state index in [1.807, 2.05) is 0 Å². The Balaban J connectivity index is 1.99. The maximum Gasteiger partial charge on any atom is 0.0571 e. The van der Waals surface area contributed by atoms with Crippen molar-refractivity contribution in [1.82, 2.24) is 4.90 Å². The molecule has 0 aromatic carbocycles. The molecule has 2 rings (SSSR count). The van der Waals surface area contributed by atoms with Crippen LogP contribution in [0.25, 0.3) is 0 Å². The first-order valence-electron chi connectivity index (χ1n) is 5.85. The second kappa shape index (κ2) is 4.16. The molecule has 1 aliphatic heterocycles. The predicted octanol–water partition coefficient (Wildman–Crippen LogP) is 2.47. The topological polar surface area (TPSA) is 15.6 Å². The molecule has 1 fully saturated rings. The zero-order chi connectivity index (χ0) is 9.97. The highest BCUT2D eigenvalue weighted by atomic mass is 15.1. The lowest BCUT2D eigenvalue weighted by atomic mass is 10.2. The molecule has 0 N–H and O–H groups in total. The van der Waals surface area contributed by atoms with Crippen molar-refractivity contribution in [3.05, 3.63) is 11.8 Å². The molecule has 1 aliphatic carbocycles. The molecule has 0 radical (unpaired) electrons. The Morgan fingerprint density at radius 2 is 2.07 bits per heavy atom. The van der Waals surface area contributed by atoms with E-state index in [0.717, 1.165) is 5.92 Å². The van der Waals surface area contributed by atoms with Crippen molar-refractivity contribution in [3.8, 4) is 0 Å². The Hall–Kier alpha value is -0.790. The van der Waals surface area contributed by atoms with Gasteiger partial charge in [0.05, 0.1) is 11.7 Å². The molecular weight excluding hydrogens is 172 g/mol. The van der Waals surface area contributed by atoms with Gasteiger partial charge in [-0.15, -0.1) is 0 Å². The van der Waals surface area contributed by atoms with Crippen molar-refractivity contribution in [1.29, 1.82) is 0 Å². The summed E-state index contributed by atoms with van der Waals surface area (Å²) in [5, 5.41) is 0. The van der Waals surface area contributed by atoms with Crippen LogP contribution >= 0.6 is 0 Å². The quantitative estimate of drug-likeness (QED) is 0.653. The molecule has 14 heavy (non-hydrogen) atoms. The molecule has 2 atom stereocenters. The van der Waals surface area contributed by atoms with Crippen LogP contribution in [-0.4, -0.2) is 30.2 Å². The third-order valence-electron chi connectivity index (χ3n) is 2.94. The molecule has 0 aromatic heterocycles. The van der Waals surface area contributed by atoms with Crippen LogP contribution in [0.1, 0.15) is 33.1 Å². The fraction of sp³-hybridized carbons (Fsp3) is 0.750. The average Bonchev–Trinajstić information content (AvgIpc) is 2.95. The van der Waals surface area contributed by atoms with Crippen LogP contribution in [0.15, 0.2) is 16.8 Å². The van der Waals surface area contributed by atoms with Crippen molar-refractivity contribution < 1.29 is 0 Å². The molecule has 0 amide bonds. The van der Waals surface area contributed by atoms with Gasteiger partial charge in [-0.25, -0.2) is 0 Å². The van der Waals surface area contributed by atoms with E-state index in [4.69, 9.17) is 0 Å². The smallest absolute Gasteiger partial charge is 0.0571 e. The first-order valence-corrected chi connectivity index (χ1v) is 5.85. The van der Waals surface area contributed by atoms with E-state index in [0.29, 0.717) is 6.04 Å². The van der Waals surface area contributed by atoms with Crippen molar-refractivity contribution in [2.75, 3.05) is 13.1 Å². The summed E-state index contributed by atoms with van der Waals surface area (Å²) in [6.45, 7) is 6.82. The van der Waals surface area contributed by atoms with Crippen LogP contribution < -0.4 is 0 Å². The van der Waals surface area contributed by atoms with E-state index in [-0.39, 0.29) is 0 Å². The van der Waals surface area contributed by atoms with E-state index >= 15 is 0 Å². The van der Waals surface area contributed by atoms with E-state index in [9.17, 15) is 0 Å². The molecular formula is C12H20N2. The van der Waals surface area contributed by atoms with Gasteiger partial charge in [0.1, 0.15) is 0 Å². The minimum Gasteiger partial charge on any atom is -0.371 e. The fourth-order valence-electron chi connectivity index (χ4n) is 2.08. The van der Waals surface area contributed by atoms with Gasteiger partial charge < -0.3 is 4.90 Å². The van der Waals surface area contributed by atoms with E-state index in [1.165, 1.54) is 38.0 Å². The molecule has 78 valence electrons. The number of rotatable bonds is 5. The minimum atomic E-state index is 0.642.